The van der Waals surface area contributed by atoms with Crippen molar-refractivity contribution in [1.29, 1.82) is 0 Å². The van der Waals surface area contributed by atoms with Gasteiger partial charge in [-0.3, -0.25) is 14.3 Å². The van der Waals surface area contributed by atoms with Crippen molar-refractivity contribution in [2.24, 2.45) is 0 Å². The second-order valence-electron chi connectivity index (χ2n) is 8.76. The van der Waals surface area contributed by atoms with Crippen LogP contribution in [0.25, 0.3) is 17.1 Å². The molecule has 0 unspecified atom stereocenters. The largest absolute Gasteiger partial charge is 0.324 e. The molecule has 1 amide bonds. The number of benzene rings is 3. The highest BCUT2D eigenvalue weighted by Gasteiger charge is 2.17. The number of carbonyl (C=O) groups is 1. The Labute approximate surface area is 209 Å². The van der Waals surface area contributed by atoms with Crippen LogP contribution in [0.3, 0.4) is 0 Å². The number of aryl methyl sites for hydroxylation is 3. The highest BCUT2D eigenvalue weighted by atomic mass is 32.1. The van der Waals surface area contributed by atoms with Gasteiger partial charge in [-0.1, -0.05) is 48.0 Å². The predicted octanol–water partition coefficient (Wildman–Crippen LogP) is 5.66. The van der Waals surface area contributed by atoms with E-state index in [1.807, 2.05) is 67.6 Å². The van der Waals surface area contributed by atoms with Crippen molar-refractivity contribution in [1.82, 2.24) is 19.2 Å². The Balaban J connectivity index is 1.58. The number of amides is 1. The van der Waals surface area contributed by atoms with Crippen molar-refractivity contribution in [3.63, 3.8) is 0 Å². The van der Waals surface area contributed by atoms with Crippen LogP contribution in [0, 0.1) is 31.4 Å². The van der Waals surface area contributed by atoms with Crippen LogP contribution < -0.4 is 5.32 Å². The zero-order valence-electron chi connectivity index (χ0n) is 20.2. The number of hydrogen-bond donors (Lipinski definition) is 1. The third kappa shape index (κ3) is 5.55. The minimum absolute atomic E-state index is 0.115. The first-order chi connectivity index (χ1) is 16.7. The molecule has 3 aromatic carbocycles. The topological polar surface area (TPSA) is 55.1 Å². The maximum Gasteiger partial charge on any atom is 0.238 e. The fraction of sp³-hybridized carbons (Fsp3) is 0.222. The molecule has 0 aliphatic heterocycles. The lowest BCUT2D eigenvalue weighted by Gasteiger charge is -2.18. The Morgan fingerprint density at radius 1 is 1.03 bits per heavy atom. The molecule has 8 heteroatoms. The molecule has 4 rings (SSSR count). The van der Waals surface area contributed by atoms with Gasteiger partial charge in [-0.15, -0.1) is 5.10 Å². The van der Waals surface area contributed by atoms with E-state index in [1.54, 1.807) is 16.8 Å². The number of halogens is 1. The highest BCUT2D eigenvalue weighted by Crippen LogP contribution is 2.24. The maximum atomic E-state index is 13.6. The average molecular weight is 490 g/mol. The van der Waals surface area contributed by atoms with Crippen LogP contribution in [0.2, 0.25) is 0 Å². The van der Waals surface area contributed by atoms with Gasteiger partial charge in [-0.2, -0.15) is 0 Å². The summed E-state index contributed by atoms with van der Waals surface area (Å²) >= 11 is 5.75. The molecule has 0 fully saturated rings. The molecule has 0 spiro atoms. The van der Waals surface area contributed by atoms with Gasteiger partial charge in [0, 0.05) is 11.3 Å². The second kappa shape index (κ2) is 10.3. The Morgan fingerprint density at radius 3 is 2.29 bits per heavy atom. The van der Waals surface area contributed by atoms with Crippen molar-refractivity contribution in [2.45, 2.75) is 27.4 Å². The molecular weight excluding hydrogens is 461 g/mol. The maximum absolute atomic E-state index is 13.6. The van der Waals surface area contributed by atoms with Crippen molar-refractivity contribution in [3.05, 3.63) is 94.0 Å². The van der Waals surface area contributed by atoms with Gasteiger partial charge < -0.3 is 5.32 Å². The summed E-state index contributed by atoms with van der Waals surface area (Å²) in [6, 6.07) is 19.9. The normalized spacial score (nSPS) is 11.1. The van der Waals surface area contributed by atoms with Crippen LogP contribution in [-0.2, 0) is 11.5 Å². The van der Waals surface area contributed by atoms with Crippen LogP contribution in [-0.4, -0.2) is 38.7 Å². The number of nitrogens with zero attached hydrogens (tertiary/aromatic N) is 4. The molecule has 0 bridgehead atoms. The summed E-state index contributed by atoms with van der Waals surface area (Å²) in [6.45, 7) is 6.50. The van der Waals surface area contributed by atoms with Crippen molar-refractivity contribution in [3.8, 4) is 17.1 Å². The van der Waals surface area contributed by atoms with Gasteiger partial charge in [-0.25, -0.2) is 9.07 Å². The molecule has 1 N–H and O–H groups in total. The van der Waals surface area contributed by atoms with Crippen LogP contribution >= 0.6 is 12.2 Å². The molecule has 1 aromatic heterocycles. The molecule has 4 aromatic rings. The van der Waals surface area contributed by atoms with E-state index in [4.69, 9.17) is 17.3 Å². The SMILES string of the molecule is Cc1cc(C)c(NC(=O)CN(C)Cn2nc(-c3ccccc3)n(-c3ccc(F)cc3)c2=S)c(C)c1. The van der Waals surface area contributed by atoms with Gasteiger partial charge in [0.15, 0.2) is 5.82 Å². The predicted molar refractivity (Wildman–Crippen MR) is 140 cm³/mol. The Hall–Kier alpha value is -3.62. The van der Waals surface area contributed by atoms with Gasteiger partial charge in [0.2, 0.25) is 10.7 Å². The van der Waals surface area contributed by atoms with E-state index in [0.29, 0.717) is 23.0 Å². The van der Waals surface area contributed by atoms with Crippen LogP contribution in [0.5, 0.6) is 0 Å². The summed E-state index contributed by atoms with van der Waals surface area (Å²) in [5.41, 5.74) is 5.67. The van der Waals surface area contributed by atoms with Crippen LogP contribution in [0.15, 0.2) is 66.7 Å². The standard InChI is InChI=1S/C27H28FN5OS/c1-18-14-19(2)25(20(3)15-18)29-24(34)16-31(4)17-32-27(35)33(23-12-10-22(28)11-13-23)26(30-32)21-8-6-5-7-9-21/h5-15H,16-17H2,1-4H3,(H,29,34). The Bertz CT molecular complexity index is 1390. The summed E-state index contributed by atoms with van der Waals surface area (Å²) in [5, 5.41) is 7.79. The van der Waals surface area contributed by atoms with Crippen LogP contribution in [0.4, 0.5) is 10.1 Å². The van der Waals surface area contributed by atoms with Crippen molar-refractivity contribution < 1.29 is 9.18 Å². The third-order valence-corrected chi connectivity index (χ3v) is 6.08. The molecule has 35 heavy (non-hydrogen) atoms. The van der Waals surface area contributed by atoms with E-state index < -0.39 is 0 Å². The lowest BCUT2D eigenvalue weighted by Crippen LogP contribution is -2.32. The minimum Gasteiger partial charge on any atom is -0.324 e. The first-order valence-corrected chi connectivity index (χ1v) is 11.7. The number of hydrogen-bond acceptors (Lipinski definition) is 4. The summed E-state index contributed by atoms with van der Waals surface area (Å²) in [4.78, 5) is 14.6. The molecule has 6 nitrogen and oxygen atoms in total. The molecule has 0 radical (unpaired) electrons. The van der Waals surface area contributed by atoms with E-state index in [0.717, 1.165) is 27.9 Å². The first kappa shape index (κ1) is 24.5. The first-order valence-electron chi connectivity index (χ1n) is 11.3. The number of aromatic nitrogens is 3. The van der Waals surface area contributed by atoms with E-state index in [9.17, 15) is 9.18 Å². The van der Waals surface area contributed by atoms with Gasteiger partial charge in [0.1, 0.15) is 5.82 Å². The zero-order chi connectivity index (χ0) is 25.1. The van der Waals surface area contributed by atoms with Crippen molar-refractivity contribution >= 4 is 23.8 Å². The fourth-order valence-corrected chi connectivity index (χ4v) is 4.47. The number of likely N-dealkylation sites (N-methyl/N-ethyl adjacent to an activating group) is 1. The van der Waals surface area contributed by atoms with E-state index in [-0.39, 0.29) is 18.3 Å². The van der Waals surface area contributed by atoms with Crippen molar-refractivity contribution in [2.75, 3.05) is 18.9 Å². The number of rotatable bonds is 7. The molecule has 0 atom stereocenters. The highest BCUT2D eigenvalue weighted by molar-refractivity contribution is 7.71. The summed E-state index contributed by atoms with van der Waals surface area (Å²) in [5.74, 6) is 0.208. The van der Waals surface area contributed by atoms with Gasteiger partial charge in [-0.05, 0) is 75.4 Å². The smallest absolute Gasteiger partial charge is 0.238 e. The van der Waals surface area contributed by atoms with Gasteiger partial charge in [0.05, 0.1) is 18.9 Å². The quantitative estimate of drug-likeness (QED) is 0.340. The van der Waals surface area contributed by atoms with Gasteiger partial charge in [0.25, 0.3) is 0 Å². The Morgan fingerprint density at radius 2 is 1.66 bits per heavy atom. The second-order valence-corrected chi connectivity index (χ2v) is 9.13. The lowest BCUT2D eigenvalue weighted by molar-refractivity contribution is -0.117. The number of anilines is 1. The number of nitrogens with one attached hydrogen (secondary N) is 1. The third-order valence-electron chi connectivity index (χ3n) is 5.69. The molecule has 180 valence electrons. The molecule has 1 heterocycles. The molecule has 0 saturated heterocycles. The molecule has 0 aliphatic rings. The fourth-order valence-electron chi connectivity index (χ4n) is 4.18. The van der Waals surface area contributed by atoms with Crippen LogP contribution in [0.1, 0.15) is 16.7 Å². The lowest BCUT2D eigenvalue weighted by atomic mass is 10.1. The molecule has 0 saturated carbocycles. The Kier molecular flexibility index (Phi) is 7.23. The number of carbonyl (C=O) groups excluding carboxylic acids is 1. The van der Waals surface area contributed by atoms with E-state index in [1.165, 1.54) is 12.1 Å². The van der Waals surface area contributed by atoms with E-state index in [2.05, 4.69) is 17.4 Å². The molecular formula is C27H28FN5OS. The molecule has 0 aliphatic carbocycles. The van der Waals surface area contributed by atoms with Gasteiger partial charge >= 0.3 is 0 Å². The summed E-state index contributed by atoms with van der Waals surface area (Å²) in [7, 11) is 1.84. The monoisotopic (exact) mass is 489 g/mol. The van der Waals surface area contributed by atoms with E-state index >= 15 is 0 Å². The summed E-state index contributed by atoms with van der Waals surface area (Å²) in [6.07, 6.45) is 0. The minimum atomic E-state index is -0.321. The average Bonchev–Trinajstić information content (AvgIpc) is 3.13. The zero-order valence-corrected chi connectivity index (χ0v) is 21.1. The summed E-state index contributed by atoms with van der Waals surface area (Å²) < 4.78 is 17.5.